The van der Waals surface area contributed by atoms with Gasteiger partial charge in [0.15, 0.2) is 0 Å². The number of anilines is 1. The van der Waals surface area contributed by atoms with Crippen molar-refractivity contribution >= 4 is 5.69 Å². The summed E-state index contributed by atoms with van der Waals surface area (Å²) in [5.74, 6) is -0.371. The molecule has 3 rings (SSSR count). The molecule has 0 amide bonds. The van der Waals surface area contributed by atoms with E-state index in [1.165, 1.54) is 6.07 Å². The molecule has 1 aromatic heterocycles. The van der Waals surface area contributed by atoms with Gasteiger partial charge < -0.3 is 15.1 Å². The molecule has 0 aliphatic carbocycles. The minimum atomic E-state index is -0.654. The summed E-state index contributed by atoms with van der Waals surface area (Å²) in [6, 6.07) is 3.33. The molecule has 0 unspecified atom stereocenters. The summed E-state index contributed by atoms with van der Waals surface area (Å²) in [5, 5.41) is 12.7. The van der Waals surface area contributed by atoms with Crippen LogP contribution in [0, 0.1) is 18.7 Å². The van der Waals surface area contributed by atoms with Crippen molar-refractivity contribution in [1.29, 1.82) is 0 Å². The molecular formula is C16H21FN4O2. The van der Waals surface area contributed by atoms with Crippen LogP contribution >= 0.6 is 0 Å². The van der Waals surface area contributed by atoms with Crippen molar-refractivity contribution in [2.75, 3.05) is 18.4 Å². The summed E-state index contributed by atoms with van der Waals surface area (Å²) in [7, 11) is 0. The van der Waals surface area contributed by atoms with Crippen molar-refractivity contribution in [2.24, 2.45) is 5.92 Å². The van der Waals surface area contributed by atoms with Gasteiger partial charge in [-0.3, -0.25) is 0 Å². The molecular weight excluding hydrogens is 299 g/mol. The SMILES string of the molecule is Cc1c(F)cc(-c2n[nH]c(=O)o2)cc1N[C@@H](C)C1CCNCC1. The normalized spacial score (nSPS) is 17.2. The maximum atomic E-state index is 14.2. The molecule has 0 spiro atoms. The van der Waals surface area contributed by atoms with Crippen LogP contribution in [0.25, 0.3) is 11.5 Å². The lowest BCUT2D eigenvalue weighted by atomic mass is 9.91. The highest BCUT2D eigenvalue weighted by molar-refractivity contribution is 5.65. The van der Waals surface area contributed by atoms with Crippen molar-refractivity contribution < 1.29 is 8.81 Å². The molecule has 2 heterocycles. The van der Waals surface area contributed by atoms with Gasteiger partial charge in [0.2, 0.25) is 5.89 Å². The Bertz CT molecular complexity index is 734. The van der Waals surface area contributed by atoms with E-state index in [0.717, 1.165) is 25.9 Å². The van der Waals surface area contributed by atoms with E-state index in [-0.39, 0.29) is 17.7 Å². The zero-order valence-electron chi connectivity index (χ0n) is 13.3. The first kappa shape index (κ1) is 15.7. The van der Waals surface area contributed by atoms with Crippen LogP contribution in [-0.4, -0.2) is 29.3 Å². The van der Waals surface area contributed by atoms with Gasteiger partial charge in [-0.2, -0.15) is 0 Å². The molecule has 0 radical (unpaired) electrons. The van der Waals surface area contributed by atoms with Crippen LogP contribution < -0.4 is 16.4 Å². The second-order valence-corrected chi connectivity index (χ2v) is 6.07. The number of halogens is 1. The Morgan fingerprint density at radius 2 is 2.13 bits per heavy atom. The quantitative estimate of drug-likeness (QED) is 0.805. The van der Waals surface area contributed by atoms with E-state index in [0.29, 0.717) is 22.7 Å². The third-order valence-corrected chi connectivity index (χ3v) is 4.50. The Morgan fingerprint density at radius 3 is 2.78 bits per heavy atom. The zero-order chi connectivity index (χ0) is 16.4. The fourth-order valence-electron chi connectivity index (χ4n) is 3.01. The number of piperidine rings is 1. The van der Waals surface area contributed by atoms with Crippen molar-refractivity contribution in [3.63, 3.8) is 0 Å². The summed E-state index contributed by atoms with van der Waals surface area (Å²) in [6.07, 6.45) is 2.20. The molecule has 1 aliphatic heterocycles. The molecule has 6 nitrogen and oxygen atoms in total. The van der Waals surface area contributed by atoms with Crippen LogP contribution in [0.5, 0.6) is 0 Å². The van der Waals surface area contributed by atoms with E-state index in [2.05, 4.69) is 27.8 Å². The topological polar surface area (TPSA) is 83.0 Å². The smallest absolute Gasteiger partial charge is 0.388 e. The van der Waals surface area contributed by atoms with E-state index < -0.39 is 5.76 Å². The molecule has 1 saturated heterocycles. The van der Waals surface area contributed by atoms with Gasteiger partial charge in [-0.25, -0.2) is 14.3 Å². The van der Waals surface area contributed by atoms with Crippen LogP contribution in [-0.2, 0) is 0 Å². The first-order chi connectivity index (χ1) is 11.0. The zero-order valence-corrected chi connectivity index (χ0v) is 13.3. The van der Waals surface area contributed by atoms with Crippen molar-refractivity contribution in [1.82, 2.24) is 15.5 Å². The Morgan fingerprint density at radius 1 is 1.39 bits per heavy atom. The lowest BCUT2D eigenvalue weighted by molar-refractivity contribution is 0.343. The van der Waals surface area contributed by atoms with E-state index in [1.54, 1.807) is 13.0 Å². The van der Waals surface area contributed by atoms with Gasteiger partial charge in [-0.05, 0) is 57.8 Å². The van der Waals surface area contributed by atoms with Crippen LogP contribution in [0.1, 0.15) is 25.3 Å². The Balaban J connectivity index is 1.85. The minimum absolute atomic E-state index is 0.0893. The number of benzene rings is 1. The molecule has 3 N–H and O–H groups in total. The lowest BCUT2D eigenvalue weighted by Gasteiger charge is -2.30. The number of aromatic amines is 1. The van der Waals surface area contributed by atoms with Crippen molar-refractivity contribution in [2.45, 2.75) is 32.7 Å². The standard InChI is InChI=1S/C16H21FN4O2/c1-9-13(17)7-12(15-20-21-16(22)23-15)8-14(9)19-10(2)11-3-5-18-6-4-11/h7-8,10-11,18-19H,3-6H2,1-2H3,(H,21,22)/t10-/m0/s1. The largest absolute Gasteiger partial charge is 0.434 e. The Labute approximate surface area is 133 Å². The summed E-state index contributed by atoms with van der Waals surface area (Å²) in [4.78, 5) is 11.1. The second kappa shape index (κ2) is 6.54. The molecule has 1 aromatic carbocycles. The fraction of sp³-hybridized carbons (Fsp3) is 0.500. The maximum absolute atomic E-state index is 14.2. The molecule has 23 heavy (non-hydrogen) atoms. The molecule has 124 valence electrons. The number of aromatic nitrogens is 2. The monoisotopic (exact) mass is 320 g/mol. The predicted molar refractivity (Wildman–Crippen MR) is 85.9 cm³/mol. The molecule has 1 atom stereocenters. The van der Waals surface area contributed by atoms with E-state index in [1.807, 2.05) is 0 Å². The predicted octanol–water partition coefficient (Wildman–Crippen LogP) is 2.28. The van der Waals surface area contributed by atoms with Crippen molar-refractivity contribution in [3.8, 4) is 11.5 Å². The number of nitrogens with one attached hydrogen (secondary N) is 3. The van der Waals surface area contributed by atoms with Gasteiger partial charge in [0.25, 0.3) is 0 Å². The van der Waals surface area contributed by atoms with Gasteiger partial charge >= 0.3 is 5.76 Å². The summed E-state index contributed by atoms with van der Waals surface area (Å²) >= 11 is 0. The molecule has 0 bridgehead atoms. The summed E-state index contributed by atoms with van der Waals surface area (Å²) < 4.78 is 19.1. The van der Waals surface area contributed by atoms with Gasteiger partial charge in [-0.15, -0.1) is 5.10 Å². The van der Waals surface area contributed by atoms with Gasteiger partial charge in [-0.1, -0.05) is 0 Å². The fourth-order valence-corrected chi connectivity index (χ4v) is 3.01. The van der Waals surface area contributed by atoms with E-state index in [9.17, 15) is 9.18 Å². The number of rotatable bonds is 4. The average Bonchev–Trinajstić information content (AvgIpc) is 2.99. The summed E-state index contributed by atoms with van der Waals surface area (Å²) in [5.41, 5.74) is 1.69. The molecule has 2 aromatic rings. The minimum Gasteiger partial charge on any atom is -0.388 e. The lowest BCUT2D eigenvalue weighted by Crippen LogP contribution is -2.36. The number of hydrogen-bond acceptors (Lipinski definition) is 5. The Kier molecular flexibility index (Phi) is 4.47. The highest BCUT2D eigenvalue weighted by Crippen LogP contribution is 2.28. The van der Waals surface area contributed by atoms with E-state index >= 15 is 0 Å². The van der Waals surface area contributed by atoms with Gasteiger partial charge in [0, 0.05) is 22.9 Å². The van der Waals surface area contributed by atoms with Crippen LogP contribution in [0.3, 0.4) is 0 Å². The molecule has 7 heteroatoms. The third-order valence-electron chi connectivity index (χ3n) is 4.50. The van der Waals surface area contributed by atoms with Crippen LogP contribution in [0.4, 0.5) is 10.1 Å². The molecule has 1 fully saturated rings. The maximum Gasteiger partial charge on any atom is 0.434 e. The number of hydrogen-bond donors (Lipinski definition) is 3. The van der Waals surface area contributed by atoms with Crippen molar-refractivity contribution in [3.05, 3.63) is 34.1 Å². The van der Waals surface area contributed by atoms with Gasteiger partial charge in [0.1, 0.15) is 5.82 Å². The molecule has 1 aliphatic rings. The van der Waals surface area contributed by atoms with Crippen LogP contribution in [0.15, 0.2) is 21.3 Å². The first-order valence-corrected chi connectivity index (χ1v) is 7.88. The third kappa shape index (κ3) is 3.44. The average molecular weight is 320 g/mol. The number of nitrogens with zero attached hydrogens (tertiary/aromatic N) is 1. The van der Waals surface area contributed by atoms with Crippen LogP contribution in [0.2, 0.25) is 0 Å². The second-order valence-electron chi connectivity index (χ2n) is 6.07. The summed E-state index contributed by atoms with van der Waals surface area (Å²) in [6.45, 7) is 5.89. The van der Waals surface area contributed by atoms with Gasteiger partial charge in [0.05, 0.1) is 0 Å². The first-order valence-electron chi connectivity index (χ1n) is 7.88. The molecule has 0 saturated carbocycles. The number of H-pyrrole nitrogens is 1. The van der Waals surface area contributed by atoms with E-state index in [4.69, 9.17) is 4.42 Å². The highest BCUT2D eigenvalue weighted by atomic mass is 19.1. The Hall–Kier alpha value is -2.15. The highest BCUT2D eigenvalue weighted by Gasteiger charge is 2.21.